The second-order valence-electron chi connectivity index (χ2n) is 8.31. The van der Waals surface area contributed by atoms with Gasteiger partial charge in [0.15, 0.2) is 5.76 Å². The fraction of sp³-hybridized carbons (Fsp3) is 0.222. The van der Waals surface area contributed by atoms with Crippen molar-refractivity contribution in [1.82, 2.24) is 0 Å². The molecule has 1 heterocycles. The Morgan fingerprint density at radius 1 is 0.765 bits per heavy atom. The Balaban J connectivity index is 1.98. The summed E-state index contributed by atoms with van der Waals surface area (Å²) in [5.41, 5.74) is 4.20. The van der Waals surface area contributed by atoms with E-state index in [-0.39, 0.29) is 21.8 Å². The number of benzene rings is 3. The first-order chi connectivity index (χ1) is 16.1. The lowest BCUT2D eigenvalue weighted by Crippen LogP contribution is -2.19. The van der Waals surface area contributed by atoms with Crippen LogP contribution in [-0.2, 0) is 10.1 Å². The minimum Gasteiger partial charge on any atom is -0.497 e. The fourth-order valence-corrected chi connectivity index (χ4v) is 5.64. The molecular formula is C27H26O6S. The van der Waals surface area contributed by atoms with Crippen LogP contribution in [0.25, 0.3) is 22.3 Å². The molecule has 0 amide bonds. The molecule has 0 saturated heterocycles. The molecule has 3 aromatic carbocycles. The van der Waals surface area contributed by atoms with E-state index < -0.39 is 15.5 Å². The number of hydrogen-bond donors (Lipinski definition) is 0. The van der Waals surface area contributed by atoms with Gasteiger partial charge in [-0.3, -0.25) is 4.79 Å². The number of fused-ring (bicyclic) bond motifs is 1. The Morgan fingerprint density at radius 2 is 1.32 bits per heavy atom. The first kappa shape index (κ1) is 23.6. The lowest BCUT2D eigenvalue weighted by molar-refractivity contribution is 0.415. The fourth-order valence-electron chi connectivity index (χ4n) is 4.13. The molecule has 0 spiro atoms. The molecule has 0 fully saturated rings. The van der Waals surface area contributed by atoms with Crippen molar-refractivity contribution in [2.24, 2.45) is 0 Å². The highest BCUT2D eigenvalue weighted by atomic mass is 32.2. The second kappa shape index (κ2) is 8.65. The average Bonchev–Trinajstić information content (AvgIpc) is 2.83. The lowest BCUT2D eigenvalue weighted by atomic mass is 9.95. The summed E-state index contributed by atoms with van der Waals surface area (Å²) in [5.74, 6) is 0.267. The predicted molar refractivity (Wildman–Crippen MR) is 132 cm³/mol. The van der Waals surface area contributed by atoms with E-state index in [1.165, 1.54) is 0 Å². The number of para-hydroxylation sites is 1. The van der Waals surface area contributed by atoms with Crippen LogP contribution in [0.5, 0.6) is 11.5 Å². The van der Waals surface area contributed by atoms with Crippen molar-refractivity contribution in [1.29, 1.82) is 0 Å². The Morgan fingerprint density at radius 3 is 1.91 bits per heavy atom. The van der Waals surface area contributed by atoms with Crippen LogP contribution in [0.2, 0.25) is 0 Å². The molecule has 0 saturated carbocycles. The zero-order valence-corrected chi connectivity index (χ0v) is 20.8. The molecule has 0 atom stereocenters. The standard InChI is InChI=1S/C27H26O6S/c1-15-16(2)18(4)27(19(5)17(15)3)34(29,30)33-26-24(28)22-9-7-8-10-23(22)32-25(26)20-11-13-21(31-6)14-12-20/h7-14H,1-6H3. The summed E-state index contributed by atoms with van der Waals surface area (Å²) in [6, 6.07) is 13.4. The van der Waals surface area contributed by atoms with Crippen LogP contribution in [0, 0.1) is 34.6 Å². The summed E-state index contributed by atoms with van der Waals surface area (Å²) in [4.78, 5) is 13.5. The van der Waals surface area contributed by atoms with Gasteiger partial charge in [-0.15, -0.1) is 0 Å². The van der Waals surface area contributed by atoms with Crippen molar-refractivity contribution >= 4 is 21.1 Å². The molecule has 1 aromatic heterocycles. The summed E-state index contributed by atoms with van der Waals surface area (Å²) < 4.78 is 44.1. The molecule has 176 valence electrons. The SMILES string of the molecule is COc1ccc(-c2oc3ccccc3c(=O)c2OS(=O)(=O)c2c(C)c(C)c(C)c(C)c2C)cc1. The first-order valence-electron chi connectivity index (χ1n) is 10.8. The van der Waals surface area contributed by atoms with Gasteiger partial charge in [-0.05, 0) is 98.8 Å². The van der Waals surface area contributed by atoms with Crippen LogP contribution in [-0.4, -0.2) is 15.5 Å². The van der Waals surface area contributed by atoms with E-state index in [1.54, 1.807) is 69.5 Å². The normalized spacial score (nSPS) is 11.6. The Labute approximate surface area is 198 Å². The van der Waals surface area contributed by atoms with E-state index in [9.17, 15) is 13.2 Å². The van der Waals surface area contributed by atoms with Crippen LogP contribution in [0.4, 0.5) is 0 Å². The average molecular weight is 479 g/mol. The minimum absolute atomic E-state index is 0.0331. The van der Waals surface area contributed by atoms with E-state index in [0.717, 1.165) is 16.7 Å². The van der Waals surface area contributed by atoms with E-state index in [1.807, 2.05) is 20.8 Å². The van der Waals surface area contributed by atoms with Crippen molar-refractivity contribution in [3.05, 3.63) is 86.6 Å². The summed E-state index contributed by atoms with van der Waals surface area (Å²) in [6.07, 6.45) is 0. The molecule has 0 bridgehead atoms. The van der Waals surface area contributed by atoms with Gasteiger partial charge in [0.1, 0.15) is 16.2 Å². The van der Waals surface area contributed by atoms with Crippen molar-refractivity contribution in [2.45, 2.75) is 39.5 Å². The number of rotatable bonds is 5. The van der Waals surface area contributed by atoms with Gasteiger partial charge in [-0.25, -0.2) is 0 Å². The maximum absolute atomic E-state index is 13.6. The van der Waals surface area contributed by atoms with Gasteiger partial charge in [-0.1, -0.05) is 12.1 Å². The minimum atomic E-state index is -4.36. The third kappa shape index (κ3) is 3.86. The molecule has 7 heteroatoms. The Kier molecular flexibility index (Phi) is 6.00. The second-order valence-corrected chi connectivity index (χ2v) is 9.79. The van der Waals surface area contributed by atoms with Crippen LogP contribution in [0.3, 0.4) is 0 Å². The van der Waals surface area contributed by atoms with Crippen molar-refractivity contribution in [3.63, 3.8) is 0 Å². The number of methoxy groups -OCH3 is 1. The van der Waals surface area contributed by atoms with Crippen LogP contribution >= 0.6 is 0 Å². The maximum atomic E-state index is 13.6. The molecule has 34 heavy (non-hydrogen) atoms. The van der Waals surface area contributed by atoms with Gasteiger partial charge in [0.25, 0.3) is 0 Å². The molecule has 0 radical (unpaired) electrons. The largest absolute Gasteiger partial charge is 0.497 e. The third-order valence-electron chi connectivity index (χ3n) is 6.48. The van der Waals surface area contributed by atoms with Gasteiger partial charge >= 0.3 is 10.1 Å². The van der Waals surface area contributed by atoms with Crippen molar-refractivity contribution in [3.8, 4) is 22.8 Å². The third-order valence-corrected chi connectivity index (χ3v) is 7.98. The van der Waals surface area contributed by atoms with Crippen molar-refractivity contribution < 1.29 is 21.8 Å². The van der Waals surface area contributed by atoms with E-state index in [0.29, 0.717) is 28.0 Å². The van der Waals surface area contributed by atoms with E-state index >= 15 is 0 Å². The molecule has 0 aliphatic rings. The van der Waals surface area contributed by atoms with E-state index in [4.69, 9.17) is 13.3 Å². The van der Waals surface area contributed by atoms with Crippen LogP contribution in [0.15, 0.2) is 62.6 Å². The highest BCUT2D eigenvalue weighted by Gasteiger charge is 2.29. The summed E-state index contributed by atoms with van der Waals surface area (Å²) in [7, 11) is -2.81. The van der Waals surface area contributed by atoms with E-state index in [2.05, 4.69) is 0 Å². The molecule has 0 aliphatic heterocycles. The quantitative estimate of drug-likeness (QED) is 0.338. The molecule has 0 N–H and O–H groups in total. The van der Waals surface area contributed by atoms with Gasteiger partial charge in [0.2, 0.25) is 11.2 Å². The zero-order chi connectivity index (χ0) is 24.8. The predicted octanol–water partition coefficient (Wildman–Crippen LogP) is 5.78. The van der Waals surface area contributed by atoms with Crippen molar-refractivity contribution in [2.75, 3.05) is 7.11 Å². The van der Waals surface area contributed by atoms with Crippen LogP contribution < -0.4 is 14.3 Å². The van der Waals surface area contributed by atoms with Gasteiger partial charge < -0.3 is 13.3 Å². The molecule has 6 nitrogen and oxygen atoms in total. The molecule has 0 unspecified atom stereocenters. The molecule has 0 aliphatic carbocycles. The van der Waals surface area contributed by atoms with Gasteiger partial charge in [0, 0.05) is 5.56 Å². The lowest BCUT2D eigenvalue weighted by Gasteiger charge is -2.19. The summed E-state index contributed by atoms with van der Waals surface area (Å²) in [5, 5.41) is 0.231. The Hall–Kier alpha value is -3.58. The van der Waals surface area contributed by atoms with Crippen LogP contribution in [0.1, 0.15) is 27.8 Å². The molecule has 4 aromatic rings. The topological polar surface area (TPSA) is 82.8 Å². The molecule has 4 rings (SSSR count). The highest BCUT2D eigenvalue weighted by molar-refractivity contribution is 7.87. The van der Waals surface area contributed by atoms with Gasteiger partial charge in [-0.2, -0.15) is 8.42 Å². The number of hydrogen-bond acceptors (Lipinski definition) is 6. The highest BCUT2D eigenvalue weighted by Crippen LogP contribution is 2.36. The number of ether oxygens (including phenoxy) is 1. The first-order valence-corrected chi connectivity index (χ1v) is 12.2. The summed E-state index contributed by atoms with van der Waals surface area (Å²) >= 11 is 0. The Bertz CT molecular complexity index is 1550. The molecular weight excluding hydrogens is 452 g/mol. The zero-order valence-electron chi connectivity index (χ0n) is 20.0. The van der Waals surface area contributed by atoms with Gasteiger partial charge in [0.05, 0.1) is 12.5 Å². The summed E-state index contributed by atoms with van der Waals surface area (Å²) in [6.45, 7) is 9.21. The smallest absolute Gasteiger partial charge is 0.340 e. The maximum Gasteiger partial charge on any atom is 0.340 e. The monoisotopic (exact) mass is 478 g/mol.